The second kappa shape index (κ2) is 5.66. The van der Waals surface area contributed by atoms with Gasteiger partial charge in [0, 0.05) is 0 Å². The monoisotopic (exact) mass is 323 g/mol. The lowest BCUT2D eigenvalue weighted by Gasteiger charge is -2.10. The fraction of sp³-hybridized carbons (Fsp3) is 0. The van der Waals surface area contributed by atoms with Crippen LogP contribution in [0.1, 0.15) is 10.4 Å². The minimum atomic E-state index is -2.45. The van der Waals surface area contributed by atoms with Crippen molar-refractivity contribution in [2.45, 2.75) is 0 Å². The molecule has 0 spiro atoms. The molecule has 0 aromatic heterocycles. The molecule has 0 aliphatic carbocycles. The number of rotatable bonds is 2. The van der Waals surface area contributed by atoms with Crippen LogP contribution in [0.2, 0.25) is 0 Å². The number of benzene rings is 2. The molecule has 0 saturated heterocycles. The minimum Gasteiger partial charge on any atom is -0.317 e. The molecule has 0 aliphatic heterocycles. The number of nitrogens with one attached hydrogen (secondary N) is 1. The lowest BCUT2D eigenvalue weighted by molar-refractivity contribution is 0.101. The molecule has 0 saturated carbocycles. The molecular weight excluding hydrogens is 319 g/mol. The minimum absolute atomic E-state index is 0.719. The Balaban J connectivity index is 2.52. The van der Waals surface area contributed by atoms with Crippen LogP contribution in [0.15, 0.2) is 18.2 Å². The number of hydrogen-bond donors (Lipinski definition) is 1. The first-order chi connectivity index (χ1) is 10.3. The summed E-state index contributed by atoms with van der Waals surface area (Å²) in [6.45, 7) is 0. The van der Waals surface area contributed by atoms with Gasteiger partial charge in [0.2, 0.25) is 5.82 Å². The summed E-state index contributed by atoms with van der Waals surface area (Å²) in [4.78, 5) is 11.6. The third-order valence-electron chi connectivity index (χ3n) is 2.64. The lowest BCUT2D eigenvalue weighted by Crippen LogP contribution is -2.20. The number of carbonyl (C=O) groups excluding carboxylic acids is 1. The van der Waals surface area contributed by atoms with Crippen LogP contribution in [0.4, 0.5) is 36.4 Å². The normalized spacial score (nSPS) is 10.7. The Kier molecular flexibility index (Phi) is 4.07. The SMILES string of the molecule is O=C(Nc1c(F)cccc1F)c1c(F)c(F)c(F)c(F)c1F. The standard InChI is InChI=1S/C13H4F7NO/c14-4-2-1-3-5(15)12(4)21-13(22)6-7(16)9(18)11(20)10(19)8(6)17/h1-3H,(H,21,22). The van der Waals surface area contributed by atoms with Gasteiger partial charge in [0.1, 0.15) is 22.9 Å². The topological polar surface area (TPSA) is 29.1 Å². The summed E-state index contributed by atoms with van der Waals surface area (Å²) in [6, 6.07) is 2.38. The fourth-order valence-electron chi connectivity index (χ4n) is 1.60. The number of carbonyl (C=O) groups is 1. The first-order valence-corrected chi connectivity index (χ1v) is 5.52. The van der Waals surface area contributed by atoms with Crippen molar-refractivity contribution >= 4 is 11.6 Å². The molecule has 2 nitrogen and oxygen atoms in total. The van der Waals surface area contributed by atoms with E-state index in [-0.39, 0.29) is 0 Å². The van der Waals surface area contributed by atoms with Gasteiger partial charge in [-0.2, -0.15) is 0 Å². The van der Waals surface area contributed by atoms with Crippen molar-refractivity contribution in [3.8, 4) is 0 Å². The van der Waals surface area contributed by atoms with Gasteiger partial charge in [0.25, 0.3) is 5.91 Å². The van der Waals surface area contributed by atoms with Crippen LogP contribution in [0, 0.1) is 40.7 Å². The second-order valence-electron chi connectivity index (χ2n) is 4.00. The summed E-state index contributed by atoms with van der Waals surface area (Å²) in [5, 5.41) is 1.43. The Hall–Kier alpha value is -2.58. The average molecular weight is 323 g/mol. The molecule has 0 aliphatic rings. The Morgan fingerprint density at radius 1 is 0.727 bits per heavy atom. The van der Waals surface area contributed by atoms with Gasteiger partial charge in [-0.05, 0) is 12.1 Å². The average Bonchev–Trinajstić information content (AvgIpc) is 2.47. The van der Waals surface area contributed by atoms with Crippen molar-refractivity contribution in [2.75, 3.05) is 5.32 Å². The molecule has 22 heavy (non-hydrogen) atoms. The Labute approximate surface area is 118 Å². The van der Waals surface area contributed by atoms with Crippen LogP contribution in [-0.2, 0) is 0 Å². The molecule has 1 N–H and O–H groups in total. The summed E-state index contributed by atoms with van der Waals surface area (Å²) >= 11 is 0. The van der Waals surface area contributed by atoms with Crippen LogP contribution in [-0.4, -0.2) is 5.91 Å². The molecule has 2 aromatic carbocycles. The number of anilines is 1. The second-order valence-corrected chi connectivity index (χ2v) is 4.00. The van der Waals surface area contributed by atoms with E-state index in [1.165, 1.54) is 5.32 Å². The van der Waals surface area contributed by atoms with E-state index < -0.39 is 57.9 Å². The molecule has 2 rings (SSSR count). The predicted molar refractivity (Wildman–Crippen MR) is 60.5 cm³/mol. The van der Waals surface area contributed by atoms with E-state index >= 15 is 0 Å². The van der Waals surface area contributed by atoms with E-state index in [1.807, 2.05) is 0 Å². The van der Waals surface area contributed by atoms with Gasteiger partial charge in [-0.15, -0.1) is 0 Å². The van der Waals surface area contributed by atoms with Crippen molar-refractivity contribution in [2.24, 2.45) is 0 Å². The van der Waals surface area contributed by atoms with Gasteiger partial charge in [-0.3, -0.25) is 4.79 Å². The largest absolute Gasteiger partial charge is 0.317 e. The molecule has 1 amide bonds. The van der Waals surface area contributed by atoms with Crippen molar-refractivity contribution in [3.05, 3.63) is 64.5 Å². The Morgan fingerprint density at radius 2 is 1.14 bits per heavy atom. The molecule has 0 fully saturated rings. The highest BCUT2D eigenvalue weighted by atomic mass is 19.2. The van der Waals surface area contributed by atoms with Gasteiger partial charge in [-0.1, -0.05) is 6.07 Å². The molecule has 2 aromatic rings. The maximum atomic E-state index is 13.4. The maximum absolute atomic E-state index is 13.4. The first kappa shape index (κ1) is 15.8. The van der Waals surface area contributed by atoms with Crippen LogP contribution < -0.4 is 5.32 Å². The zero-order valence-corrected chi connectivity index (χ0v) is 10.3. The molecule has 0 radical (unpaired) electrons. The number of amides is 1. The Morgan fingerprint density at radius 3 is 1.59 bits per heavy atom. The van der Waals surface area contributed by atoms with Gasteiger partial charge in [0.05, 0.1) is 0 Å². The lowest BCUT2D eigenvalue weighted by atomic mass is 10.1. The van der Waals surface area contributed by atoms with Crippen molar-refractivity contribution in [1.82, 2.24) is 0 Å². The molecular formula is C13H4F7NO. The van der Waals surface area contributed by atoms with E-state index in [2.05, 4.69) is 0 Å². The molecule has 116 valence electrons. The molecule has 0 unspecified atom stereocenters. The third kappa shape index (κ3) is 2.49. The van der Waals surface area contributed by atoms with E-state index in [1.54, 1.807) is 0 Å². The zero-order valence-electron chi connectivity index (χ0n) is 10.3. The van der Waals surface area contributed by atoms with E-state index in [9.17, 15) is 35.5 Å². The molecule has 0 atom stereocenters. The summed E-state index contributed by atoms with van der Waals surface area (Å²) < 4.78 is 92.2. The summed E-state index contributed by atoms with van der Waals surface area (Å²) in [5.74, 6) is -16.5. The molecule has 9 heteroatoms. The predicted octanol–water partition coefficient (Wildman–Crippen LogP) is 3.91. The summed E-state index contributed by atoms with van der Waals surface area (Å²) in [6.07, 6.45) is 0. The van der Waals surface area contributed by atoms with Crippen molar-refractivity contribution < 1.29 is 35.5 Å². The van der Waals surface area contributed by atoms with Crippen LogP contribution in [0.3, 0.4) is 0 Å². The van der Waals surface area contributed by atoms with Gasteiger partial charge >= 0.3 is 0 Å². The molecule has 0 heterocycles. The Bertz CT molecular complexity index is 726. The van der Waals surface area contributed by atoms with Crippen LogP contribution >= 0.6 is 0 Å². The zero-order chi connectivity index (χ0) is 16.6. The number of halogens is 7. The highest BCUT2D eigenvalue weighted by molar-refractivity contribution is 6.04. The van der Waals surface area contributed by atoms with Gasteiger partial charge in [-0.25, -0.2) is 30.7 Å². The van der Waals surface area contributed by atoms with Gasteiger partial charge in [0.15, 0.2) is 23.3 Å². The first-order valence-electron chi connectivity index (χ1n) is 5.52. The third-order valence-corrected chi connectivity index (χ3v) is 2.64. The van der Waals surface area contributed by atoms with Crippen molar-refractivity contribution in [3.63, 3.8) is 0 Å². The van der Waals surface area contributed by atoms with Crippen LogP contribution in [0.25, 0.3) is 0 Å². The smallest absolute Gasteiger partial charge is 0.262 e. The quantitative estimate of drug-likeness (QED) is 0.507. The summed E-state index contributed by atoms with van der Waals surface area (Å²) in [7, 11) is 0. The van der Waals surface area contributed by atoms with Crippen molar-refractivity contribution in [1.29, 1.82) is 0 Å². The highest BCUT2D eigenvalue weighted by Gasteiger charge is 2.30. The van der Waals surface area contributed by atoms with Crippen LogP contribution in [0.5, 0.6) is 0 Å². The summed E-state index contributed by atoms with van der Waals surface area (Å²) in [5.41, 5.74) is -2.93. The van der Waals surface area contributed by atoms with E-state index in [0.717, 1.165) is 18.2 Å². The van der Waals surface area contributed by atoms with Gasteiger partial charge < -0.3 is 5.32 Å². The highest BCUT2D eigenvalue weighted by Crippen LogP contribution is 2.25. The fourth-order valence-corrected chi connectivity index (χ4v) is 1.60. The van der Waals surface area contributed by atoms with E-state index in [4.69, 9.17) is 0 Å². The maximum Gasteiger partial charge on any atom is 0.262 e. The van der Waals surface area contributed by atoms with E-state index in [0.29, 0.717) is 0 Å². The number of hydrogen-bond acceptors (Lipinski definition) is 1. The molecule has 0 bridgehead atoms. The number of para-hydroxylation sites is 1.